The van der Waals surface area contributed by atoms with Crippen molar-refractivity contribution >= 4 is 5.97 Å². The molecule has 0 atom stereocenters. The number of nitrogens with zero attached hydrogens (tertiary/aromatic N) is 2. The van der Waals surface area contributed by atoms with E-state index < -0.39 is 5.97 Å². The maximum absolute atomic E-state index is 10.6. The molecule has 1 fully saturated rings. The van der Waals surface area contributed by atoms with Gasteiger partial charge in [-0.15, -0.1) is 0 Å². The summed E-state index contributed by atoms with van der Waals surface area (Å²) in [5, 5.41) is 12.8. The number of hydrogen-bond donors (Lipinski definition) is 1. The second-order valence-electron chi connectivity index (χ2n) is 5.21. The zero-order valence-electron chi connectivity index (χ0n) is 11.0. The third-order valence-corrected chi connectivity index (χ3v) is 3.50. The SMILES string of the molecule is O=C(O)CC1CN(Cc2cc(-c3ccccc3)on2)C1. The lowest BCUT2D eigenvalue weighted by molar-refractivity contribution is -0.139. The summed E-state index contributed by atoms with van der Waals surface area (Å²) in [6, 6.07) is 11.8. The second kappa shape index (κ2) is 5.46. The maximum atomic E-state index is 10.6. The highest BCUT2D eigenvalue weighted by molar-refractivity contribution is 5.67. The van der Waals surface area contributed by atoms with E-state index in [4.69, 9.17) is 9.63 Å². The Bertz CT molecular complexity index is 588. The van der Waals surface area contributed by atoms with Crippen molar-refractivity contribution in [2.45, 2.75) is 13.0 Å². The van der Waals surface area contributed by atoms with Crippen molar-refractivity contribution in [2.24, 2.45) is 5.92 Å². The summed E-state index contributed by atoms with van der Waals surface area (Å²) in [5.41, 5.74) is 1.90. The van der Waals surface area contributed by atoms with Crippen molar-refractivity contribution in [2.75, 3.05) is 13.1 Å². The molecular weight excluding hydrogens is 256 g/mol. The van der Waals surface area contributed by atoms with Crippen LogP contribution in [0.3, 0.4) is 0 Å². The minimum absolute atomic E-state index is 0.255. The molecule has 0 saturated carbocycles. The summed E-state index contributed by atoms with van der Waals surface area (Å²) >= 11 is 0. The lowest BCUT2D eigenvalue weighted by atomic mass is 9.96. The van der Waals surface area contributed by atoms with E-state index in [-0.39, 0.29) is 12.3 Å². The fraction of sp³-hybridized carbons (Fsp3) is 0.333. The molecule has 0 unspecified atom stereocenters. The van der Waals surface area contributed by atoms with Crippen LogP contribution >= 0.6 is 0 Å². The zero-order chi connectivity index (χ0) is 13.9. The van der Waals surface area contributed by atoms with Gasteiger partial charge < -0.3 is 9.63 Å². The van der Waals surface area contributed by atoms with Crippen LogP contribution in [0.2, 0.25) is 0 Å². The van der Waals surface area contributed by atoms with Gasteiger partial charge in [-0.2, -0.15) is 0 Å². The first kappa shape index (κ1) is 12.9. The van der Waals surface area contributed by atoms with Gasteiger partial charge in [0.2, 0.25) is 0 Å². The topological polar surface area (TPSA) is 66.6 Å². The molecular formula is C15H16N2O3. The van der Waals surface area contributed by atoms with Gasteiger partial charge in [0.15, 0.2) is 5.76 Å². The number of carboxylic acid groups (broad SMARTS) is 1. The predicted octanol–water partition coefficient (Wildman–Crippen LogP) is 2.25. The molecule has 1 N–H and O–H groups in total. The van der Waals surface area contributed by atoms with Crippen molar-refractivity contribution in [1.82, 2.24) is 10.1 Å². The monoisotopic (exact) mass is 272 g/mol. The minimum Gasteiger partial charge on any atom is -0.481 e. The van der Waals surface area contributed by atoms with Gasteiger partial charge in [0.05, 0.1) is 12.1 Å². The van der Waals surface area contributed by atoms with Crippen LogP contribution in [0.25, 0.3) is 11.3 Å². The maximum Gasteiger partial charge on any atom is 0.303 e. The van der Waals surface area contributed by atoms with Gasteiger partial charge in [-0.05, 0) is 5.92 Å². The standard InChI is InChI=1S/C15H16N2O3/c18-15(19)6-11-8-17(9-11)10-13-7-14(20-16-13)12-4-2-1-3-5-12/h1-5,7,11H,6,8-10H2,(H,18,19). The molecule has 5 heteroatoms. The molecule has 5 nitrogen and oxygen atoms in total. The lowest BCUT2D eigenvalue weighted by Gasteiger charge is -2.37. The highest BCUT2D eigenvalue weighted by atomic mass is 16.5. The van der Waals surface area contributed by atoms with Crippen LogP contribution in [0.4, 0.5) is 0 Å². The van der Waals surface area contributed by atoms with Crippen molar-refractivity contribution < 1.29 is 14.4 Å². The number of carboxylic acids is 1. The highest BCUT2D eigenvalue weighted by Crippen LogP contribution is 2.24. The number of hydrogen-bond acceptors (Lipinski definition) is 4. The summed E-state index contributed by atoms with van der Waals surface area (Å²) in [5.74, 6) is 0.318. The number of rotatable bonds is 5. The molecule has 0 amide bonds. The first-order chi connectivity index (χ1) is 9.70. The normalized spacial score (nSPS) is 16.0. The Balaban J connectivity index is 1.56. The second-order valence-corrected chi connectivity index (χ2v) is 5.21. The summed E-state index contributed by atoms with van der Waals surface area (Å²) in [7, 11) is 0. The van der Waals surface area contributed by atoms with Crippen LogP contribution < -0.4 is 0 Å². The smallest absolute Gasteiger partial charge is 0.303 e. The van der Waals surface area contributed by atoms with E-state index >= 15 is 0 Å². The molecule has 1 saturated heterocycles. The average molecular weight is 272 g/mol. The number of carbonyl (C=O) groups is 1. The minimum atomic E-state index is -0.720. The molecule has 0 radical (unpaired) electrons. The van der Waals surface area contributed by atoms with E-state index in [0.717, 1.165) is 30.1 Å². The molecule has 104 valence electrons. The number of likely N-dealkylation sites (tertiary alicyclic amines) is 1. The Morgan fingerprint density at radius 1 is 1.35 bits per heavy atom. The summed E-state index contributed by atoms with van der Waals surface area (Å²) in [6.07, 6.45) is 0.255. The molecule has 1 aromatic carbocycles. The van der Waals surface area contributed by atoms with Crippen LogP contribution in [-0.4, -0.2) is 34.2 Å². The van der Waals surface area contributed by atoms with Gasteiger partial charge in [0.1, 0.15) is 0 Å². The summed E-state index contributed by atoms with van der Waals surface area (Å²) in [6.45, 7) is 2.35. The lowest BCUT2D eigenvalue weighted by Crippen LogP contribution is -2.46. The van der Waals surface area contributed by atoms with E-state index in [9.17, 15) is 4.79 Å². The molecule has 3 rings (SSSR count). The largest absolute Gasteiger partial charge is 0.481 e. The zero-order valence-corrected chi connectivity index (χ0v) is 11.0. The van der Waals surface area contributed by atoms with Crippen molar-refractivity contribution in [3.05, 3.63) is 42.1 Å². The third kappa shape index (κ3) is 2.88. The average Bonchev–Trinajstić information content (AvgIpc) is 2.85. The van der Waals surface area contributed by atoms with E-state index in [0.29, 0.717) is 6.54 Å². The first-order valence-electron chi connectivity index (χ1n) is 6.66. The van der Waals surface area contributed by atoms with Crippen molar-refractivity contribution in [3.8, 4) is 11.3 Å². The highest BCUT2D eigenvalue weighted by Gasteiger charge is 2.29. The van der Waals surface area contributed by atoms with E-state index in [1.54, 1.807) is 0 Å². The molecule has 2 heterocycles. The number of aromatic nitrogens is 1. The summed E-state index contributed by atoms with van der Waals surface area (Å²) in [4.78, 5) is 12.8. The molecule has 20 heavy (non-hydrogen) atoms. The van der Waals surface area contributed by atoms with Crippen LogP contribution in [0.15, 0.2) is 40.9 Å². The molecule has 1 aliphatic heterocycles. The first-order valence-corrected chi connectivity index (χ1v) is 6.66. The van der Waals surface area contributed by atoms with Gasteiger partial charge in [-0.1, -0.05) is 35.5 Å². The van der Waals surface area contributed by atoms with Crippen LogP contribution in [0, 0.1) is 5.92 Å². The molecule has 1 aliphatic rings. The van der Waals surface area contributed by atoms with Crippen molar-refractivity contribution in [1.29, 1.82) is 0 Å². The number of benzene rings is 1. The van der Waals surface area contributed by atoms with E-state index in [2.05, 4.69) is 10.1 Å². The van der Waals surface area contributed by atoms with Gasteiger partial charge >= 0.3 is 5.97 Å². The Kier molecular flexibility index (Phi) is 3.52. The van der Waals surface area contributed by atoms with Crippen LogP contribution in [0.1, 0.15) is 12.1 Å². The van der Waals surface area contributed by atoms with Gasteiger partial charge in [-0.25, -0.2) is 0 Å². The van der Waals surface area contributed by atoms with Gasteiger partial charge in [0.25, 0.3) is 0 Å². The number of aliphatic carboxylic acids is 1. The Morgan fingerprint density at radius 3 is 2.80 bits per heavy atom. The fourth-order valence-corrected chi connectivity index (χ4v) is 2.54. The molecule has 0 spiro atoms. The van der Waals surface area contributed by atoms with Crippen LogP contribution in [0.5, 0.6) is 0 Å². The molecule has 0 aliphatic carbocycles. The van der Waals surface area contributed by atoms with E-state index in [1.165, 1.54) is 0 Å². The van der Waals surface area contributed by atoms with E-state index in [1.807, 2.05) is 36.4 Å². The predicted molar refractivity (Wildman–Crippen MR) is 73.0 cm³/mol. The van der Waals surface area contributed by atoms with Crippen molar-refractivity contribution in [3.63, 3.8) is 0 Å². The quantitative estimate of drug-likeness (QED) is 0.904. The Morgan fingerprint density at radius 2 is 2.10 bits per heavy atom. The van der Waals surface area contributed by atoms with Crippen LogP contribution in [-0.2, 0) is 11.3 Å². The molecule has 1 aromatic heterocycles. The Hall–Kier alpha value is -2.14. The van der Waals surface area contributed by atoms with Gasteiger partial charge in [0, 0.05) is 31.3 Å². The Labute approximate surface area is 116 Å². The summed E-state index contributed by atoms with van der Waals surface area (Å²) < 4.78 is 5.34. The third-order valence-electron chi connectivity index (χ3n) is 3.50. The molecule has 0 bridgehead atoms. The molecule has 2 aromatic rings. The van der Waals surface area contributed by atoms with Gasteiger partial charge in [-0.3, -0.25) is 9.69 Å². The fourth-order valence-electron chi connectivity index (χ4n) is 2.54.